The molecule has 0 aliphatic rings. The van der Waals surface area contributed by atoms with Crippen LogP contribution in [0.25, 0.3) is 0 Å². The van der Waals surface area contributed by atoms with Crippen molar-refractivity contribution in [2.24, 2.45) is 0 Å². The first kappa shape index (κ1) is 10.9. The molecule has 3 heteroatoms. The molecule has 0 saturated carbocycles. The molecule has 0 bridgehead atoms. The largest absolute Gasteiger partial charge is 0.388 e. The van der Waals surface area contributed by atoms with Crippen molar-refractivity contribution in [3.05, 3.63) is 0 Å². The molecule has 11 heavy (non-hydrogen) atoms. The van der Waals surface area contributed by atoms with Crippen LogP contribution < -0.4 is 0 Å². The highest BCUT2D eigenvalue weighted by atomic mass is 16.5. The third kappa shape index (κ3) is 7.78. The Morgan fingerprint density at radius 3 is 2.36 bits per heavy atom. The molecule has 0 amide bonds. The third-order valence-electron chi connectivity index (χ3n) is 1.14. The Bertz CT molecular complexity index is 83.4. The van der Waals surface area contributed by atoms with Crippen LogP contribution in [0.2, 0.25) is 0 Å². The summed E-state index contributed by atoms with van der Waals surface area (Å²) in [5.41, 5.74) is 0. The van der Waals surface area contributed by atoms with Crippen molar-refractivity contribution >= 4 is 0 Å². The van der Waals surface area contributed by atoms with Gasteiger partial charge in [-0.1, -0.05) is 0 Å². The second kappa shape index (κ2) is 6.58. The quantitative estimate of drug-likeness (QED) is 0.628. The van der Waals surface area contributed by atoms with E-state index in [2.05, 4.69) is 0 Å². The van der Waals surface area contributed by atoms with Gasteiger partial charge in [0.2, 0.25) is 0 Å². The van der Waals surface area contributed by atoms with Crippen LogP contribution in [0.3, 0.4) is 0 Å². The van der Waals surface area contributed by atoms with E-state index in [-0.39, 0.29) is 6.10 Å². The highest BCUT2D eigenvalue weighted by Gasteiger charge is 2.04. The summed E-state index contributed by atoms with van der Waals surface area (Å²) in [5.74, 6) is 0. The summed E-state index contributed by atoms with van der Waals surface area (Å²) in [7, 11) is 0. The normalized spacial score (nSPS) is 13.9. The maximum Gasteiger partial charge on any atom is 0.101 e. The summed E-state index contributed by atoms with van der Waals surface area (Å²) in [4.78, 5) is 0. The predicted molar refractivity (Wildman–Crippen MR) is 43.6 cm³/mol. The molecule has 0 aliphatic carbocycles. The molecule has 1 unspecified atom stereocenters. The van der Waals surface area contributed by atoms with Gasteiger partial charge >= 0.3 is 0 Å². The minimum Gasteiger partial charge on any atom is -0.388 e. The van der Waals surface area contributed by atoms with E-state index in [0.717, 1.165) is 0 Å². The van der Waals surface area contributed by atoms with Gasteiger partial charge in [0.15, 0.2) is 0 Å². The Labute approximate surface area is 68.3 Å². The maximum atomic E-state index is 9.18. The Kier molecular flexibility index (Phi) is 6.51. The zero-order chi connectivity index (χ0) is 8.69. The van der Waals surface area contributed by atoms with E-state index in [1.807, 2.05) is 20.8 Å². The van der Waals surface area contributed by atoms with Gasteiger partial charge < -0.3 is 14.6 Å². The lowest BCUT2D eigenvalue weighted by atomic mass is 10.4. The lowest BCUT2D eigenvalue weighted by Crippen LogP contribution is -2.23. The Morgan fingerprint density at radius 1 is 1.27 bits per heavy atom. The number of hydrogen-bond donors (Lipinski definition) is 1. The van der Waals surface area contributed by atoms with Gasteiger partial charge in [-0.05, 0) is 20.8 Å². The fourth-order valence-corrected chi connectivity index (χ4v) is 0.606. The maximum absolute atomic E-state index is 9.18. The second-order valence-corrected chi connectivity index (χ2v) is 2.70. The fourth-order valence-electron chi connectivity index (χ4n) is 0.606. The predicted octanol–water partition coefficient (Wildman–Crippen LogP) is 0.809. The van der Waals surface area contributed by atoms with Crippen molar-refractivity contribution in [1.29, 1.82) is 0 Å². The van der Waals surface area contributed by atoms with Gasteiger partial charge in [0.25, 0.3) is 0 Å². The first-order valence-corrected chi connectivity index (χ1v) is 4.04. The molecule has 0 fully saturated rings. The summed E-state index contributed by atoms with van der Waals surface area (Å²) in [6.07, 6.45) is -0.316. The van der Waals surface area contributed by atoms with Gasteiger partial charge in [-0.3, -0.25) is 0 Å². The van der Waals surface area contributed by atoms with Gasteiger partial charge in [-0.15, -0.1) is 0 Å². The number of aliphatic hydroxyl groups is 1. The van der Waals surface area contributed by atoms with Crippen LogP contribution in [0, 0.1) is 0 Å². The SMILES string of the molecule is CCOCC(O)COC(C)C. The van der Waals surface area contributed by atoms with E-state index in [9.17, 15) is 5.11 Å². The van der Waals surface area contributed by atoms with Gasteiger partial charge in [-0.25, -0.2) is 0 Å². The molecule has 0 heterocycles. The monoisotopic (exact) mass is 162 g/mol. The molecule has 0 aliphatic heterocycles. The molecule has 0 spiro atoms. The number of ether oxygens (including phenoxy) is 2. The van der Waals surface area contributed by atoms with Gasteiger partial charge in [0, 0.05) is 6.61 Å². The van der Waals surface area contributed by atoms with Crippen molar-refractivity contribution in [1.82, 2.24) is 0 Å². The molecule has 0 aromatic heterocycles. The fraction of sp³-hybridized carbons (Fsp3) is 1.00. The van der Waals surface area contributed by atoms with Crippen molar-refractivity contribution < 1.29 is 14.6 Å². The van der Waals surface area contributed by atoms with Crippen LogP contribution in [-0.4, -0.2) is 37.1 Å². The van der Waals surface area contributed by atoms with E-state index in [1.54, 1.807) is 0 Å². The minimum absolute atomic E-state index is 0.172. The molecular formula is C8H18O3. The van der Waals surface area contributed by atoms with Crippen LogP contribution in [0.5, 0.6) is 0 Å². The molecule has 3 nitrogen and oxygen atoms in total. The van der Waals surface area contributed by atoms with E-state index in [4.69, 9.17) is 9.47 Å². The van der Waals surface area contributed by atoms with Crippen LogP contribution in [-0.2, 0) is 9.47 Å². The number of aliphatic hydroxyl groups excluding tert-OH is 1. The number of hydrogen-bond acceptors (Lipinski definition) is 3. The van der Waals surface area contributed by atoms with Crippen LogP contribution >= 0.6 is 0 Å². The Morgan fingerprint density at radius 2 is 1.91 bits per heavy atom. The van der Waals surface area contributed by atoms with Crippen LogP contribution in [0.1, 0.15) is 20.8 Å². The Balaban J connectivity index is 3.15. The van der Waals surface area contributed by atoms with E-state index >= 15 is 0 Å². The van der Waals surface area contributed by atoms with Crippen LogP contribution in [0.4, 0.5) is 0 Å². The zero-order valence-corrected chi connectivity index (χ0v) is 7.54. The van der Waals surface area contributed by atoms with Crippen molar-refractivity contribution in [3.63, 3.8) is 0 Å². The molecule has 1 atom stereocenters. The topological polar surface area (TPSA) is 38.7 Å². The minimum atomic E-state index is -0.489. The van der Waals surface area contributed by atoms with Gasteiger partial charge in [0.05, 0.1) is 19.3 Å². The Hall–Kier alpha value is -0.120. The highest BCUT2D eigenvalue weighted by Crippen LogP contribution is 1.92. The summed E-state index contributed by atoms with van der Waals surface area (Å²) in [6, 6.07) is 0. The molecule has 0 saturated heterocycles. The van der Waals surface area contributed by atoms with Crippen molar-refractivity contribution in [3.8, 4) is 0 Å². The van der Waals surface area contributed by atoms with Crippen molar-refractivity contribution in [2.45, 2.75) is 33.0 Å². The molecule has 0 rings (SSSR count). The van der Waals surface area contributed by atoms with Gasteiger partial charge in [-0.2, -0.15) is 0 Å². The zero-order valence-electron chi connectivity index (χ0n) is 7.54. The molecule has 0 aromatic rings. The first-order chi connectivity index (χ1) is 5.16. The smallest absolute Gasteiger partial charge is 0.101 e. The molecule has 0 aromatic carbocycles. The molecule has 68 valence electrons. The lowest BCUT2D eigenvalue weighted by Gasteiger charge is -2.12. The molecule has 0 radical (unpaired) electrons. The summed E-state index contributed by atoms with van der Waals surface area (Å²) in [5, 5.41) is 9.18. The lowest BCUT2D eigenvalue weighted by molar-refractivity contribution is -0.0333. The summed E-state index contributed by atoms with van der Waals surface area (Å²) < 4.78 is 10.2. The van der Waals surface area contributed by atoms with E-state index in [1.165, 1.54) is 0 Å². The van der Waals surface area contributed by atoms with Crippen molar-refractivity contribution in [2.75, 3.05) is 19.8 Å². The molecular weight excluding hydrogens is 144 g/mol. The second-order valence-electron chi connectivity index (χ2n) is 2.70. The standard InChI is InChI=1S/C8H18O3/c1-4-10-5-8(9)6-11-7(2)3/h7-9H,4-6H2,1-3H3. The average molecular weight is 162 g/mol. The highest BCUT2D eigenvalue weighted by molar-refractivity contribution is 4.51. The third-order valence-corrected chi connectivity index (χ3v) is 1.14. The van der Waals surface area contributed by atoms with E-state index in [0.29, 0.717) is 19.8 Å². The summed E-state index contributed by atoms with van der Waals surface area (Å²) >= 11 is 0. The van der Waals surface area contributed by atoms with Gasteiger partial charge in [0.1, 0.15) is 6.10 Å². The van der Waals surface area contributed by atoms with Crippen LogP contribution in [0.15, 0.2) is 0 Å². The first-order valence-electron chi connectivity index (χ1n) is 4.04. The summed E-state index contributed by atoms with van der Waals surface area (Å²) in [6.45, 7) is 7.14. The number of rotatable bonds is 6. The molecule has 1 N–H and O–H groups in total. The average Bonchev–Trinajstić information content (AvgIpc) is 1.97. The van der Waals surface area contributed by atoms with E-state index < -0.39 is 6.10 Å².